The van der Waals surface area contributed by atoms with Crippen LogP contribution in [-0.2, 0) is 0 Å². The van der Waals surface area contributed by atoms with E-state index in [1.165, 1.54) is 0 Å². The van der Waals surface area contributed by atoms with Crippen LogP contribution in [0.15, 0.2) is 36.8 Å². The number of hydrogen-bond acceptors (Lipinski definition) is 6. The van der Waals surface area contributed by atoms with Gasteiger partial charge in [-0.2, -0.15) is 0 Å². The van der Waals surface area contributed by atoms with Crippen LogP contribution in [0.3, 0.4) is 0 Å². The number of ether oxygens (including phenoxy) is 2. The molecule has 7 heteroatoms. The highest BCUT2D eigenvalue weighted by molar-refractivity contribution is 7.18. The number of hydrogen-bond donors (Lipinski definition) is 1. The molecule has 2 aliphatic rings. The first-order valence-electron chi connectivity index (χ1n) is 9.47. The second-order valence-corrected chi connectivity index (χ2v) is 7.96. The van der Waals surface area contributed by atoms with Gasteiger partial charge in [0, 0.05) is 44.0 Å². The summed E-state index contributed by atoms with van der Waals surface area (Å²) in [5, 5.41) is 1.09. The first-order chi connectivity index (χ1) is 13.4. The first-order valence-corrected chi connectivity index (χ1v) is 10.3. The molecule has 0 bridgehead atoms. The van der Waals surface area contributed by atoms with E-state index in [2.05, 4.69) is 32.0 Å². The van der Waals surface area contributed by atoms with Crippen LogP contribution >= 0.6 is 11.3 Å². The lowest BCUT2D eigenvalue weighted by molar-refractivity contribution is 0.297. The lowest BCUT2D eigenvalue weighted by Gasteiger charge is -2.30. The number of aromatic amines is 1. The number of H-pyrrole nitrogens is 1. The Balaban J connectivity index is 1.30. The molecule has 0 aliphatic carbocycles. The molecule has 0 radical (unpaired) electrons. The summed E-state index contributed by atoms with van der Waals surface area (Å²) in [6.07, 6.45) is 8.84. The molecule has 1 fully saturated rings. The SMILES string of the molecule is c1c[nH]c(C2CCN(c3ncc(-c4ccc5c(c4)OCCCO5)s3)CC2)n1. The fourth-order valence-corrected chi connectivity index (χ4v) is 4.67. The van der Waals surface area contributed by atoms with Gasteiger partial charge in [-0.1, -0.05) is 11.3 Å². The van der Waals surface area contributed by atoms with Gasteiger partial charge in [0.25, 0.3) is 0 Å². The summed E-state index contributed by atoms with van der Waals surface area (Å²) >= 11 is 1.74. The molecular weight excluding hydrogens is 360 g/mol. The molecule has 0 amide bonds. The van der Waals surface area contributed by atoms with E-state index in [1.54, 1.807) is 11.3 Å². The van der Waals surface area contributed by atoms with E-state index in [0.29, 0.717) is 19.1 Å². The number of piperidine rings is 1. The number of rotatable bonds is 3. The van der Waals surface area contributed by atoms with Gasteiger partial charge in [-0.15, -0.1) is 0 Å². The van der Waals surface area contributed by atoms with Crippen molar-refractivity contribution < 1.29 is 9.47 Å². The van der Waals surface area contributed by atoms with E-state index in [0.717, 1.165) is 65.2 Å². The van der Waals surface area contributed by atoms with Crippen molar-refractivity contribution >= 4 is 16.5 Å². The predicted molar refractivity (Wildman–Crippen MR) is 106 cm³/mol. The number of thiazole rings is 1. The number of fused-ring (bicyclic) bond motifs is 1. The highest BCUT2D eigenvalue weighted by Crippen LogP contribution is 2.38. The Kier molecular flexibility index (Phi) is 4.45. The van der Waals surface area contributed by atoms with Crippen molar-refractivity contribution in [3.8, 4) is 21.9 Å². The Bertz CT molecular complexity index is 901. The highest BCUT2D eigenvalue weighted by atomic mass is 32.1. The summed E-state index contributed by atoms with van der Waals surface area (Å²) in [6, 6.07) is 6.17. The molecule has 1 aromatic carbocycles. The van der Waals surface area contributed by atoms with Gasteiger partial charge in [0.1, 0.15) is 5.82 Å². The molecular formula is C20H22N4O2S. The summed E-state index contributed by atoms with van der Waals surface area (Å²) < 4.78 is 11.5. The quantitative estimate of drug-likeness (QED) is 0.740. The van der Waals surface area contributed by atoms with Crippen molar-refractivity contribution in [3.05, 3.63) is 42.6 Å². The van der Waals surface area contributed by atoms with Gasteiger partial charge < -0.3 is 19.4 Å². The third-order valence-electron chi connectivity index (χ3n) is 5.20. The zero-order chi connectivity index (χ0) is 18.1. The third kappa shape index (κ3) is 3.39. The minimum absolute atomic E-state index is 0.525. The molecule has 5 rings (SSSR count). The number of anilines is 1. The highest BCUT2D eigenvalue weighted by Gasteiger charge is 2.24. The smallest absolute Gasteiger partial charge is 0.185 e. The van der Waals surface area contributed by atoms with E-state index in [-0.39, 0.29) is 0 Å². The topological polar surface area (TPSA) is 63.3 Å². The van der Waals surface area contributed by atoms with Crippen molar-refractivity contribution in [2.24, 2.45) is 0 Å². The minimum Gasteiger partial charge on any atom is -0.490 e. The Morgan fingerprint density at radius 3 is 2.74 bits per heavy atom. The van der Waals surface area contributed by atoms with Gasteiger partial charge in [0.15, 0.2) is 16.6 Å². The van der Waals surface area contributed by atoms with Crippen LogP contribution in [-0.4, -0.2) is 41.3 Å². The Morgan fingerprint density at radius 1 is 1.07 bits per heavy atom. The predicted octanol–water partition coefficient (Wildman–Crippen LogP) is 4.08. The van der Waals surface area contributed by atoms with Crippen molar-refractivity contribution in [3.63, 3.8) is 0 Å². The van der Waals surface area contributed by atoms with E-state index >= 15 is 0 Å². The average molecular weight is 382 g/mol. The van der Waals surface area contributed by atoms with Crippen molar-refractivity contribution in [1.82, 2.24) is 15.0 Å². The maximum absolute atomic E-state index is 5.82. The van der Waals surface area contributed by atoms with Gasteiger partial charge >= 0.3 is 0 Å². The van der Waals surface area contributed by atoms with Crippen molar-refractivity contribution in [1.29, 1.82) is 0 Å². The van der Waals surface area contributed by atoms with Crippen LogP contribution in [0.5, 0.6) is 11.5 Å². The zero-order valence-corrected chi connectivity index (χ0v) is 15.9. The maximum Gasteiger partial charge on any atom is 0.185 e. The molecule has 0 atom stereocenters. The van der Waals surface area contributed by atoms with Gasteiger partial charge in [-0.05, 0) is 36.6 Å². The van der Waals surface area contributed by atoms with Crippen LogP contribution in [0.2, 0.25) is 0 Å². The molecule has 4 heterocycles. The average Bonchev–Trinajstić information content (AvgIpc) is 3.36. The normalized spacial score (nSPS) is 17.7. The summed E-state index contributed by atoms with van der Waals surface area (Å²) in [5.41, 5.74) is 1.13. The Hall–Kier alpha value is -2.54. The fourth-order valence-electron chi connectivity index (χ4n) is 3.71. The van der Waals surface area contributed by atoms with Crippen LogP contribution < -0.4 is 14.4 Å². The van der Waals surface area contributed by atoms with Crippen molar-refractivity contribution in [2.75, 3.05) is 31.2 Å². The standard InChI is InChI=1S/C20H22N4O2S/c1-10-25-16-3-2-15(12-17(16)26-11-1)18-13-23-20(27-18)24-8-4-14(5-9-24)19-21-6-7-22-19/h2-3,6-7,12-14H,1,4-5,8-11H2,(H,21,22). The lowest BCUT2D eigenvalue weighted by atomic mass is 9.96. The van der Waals surface area contributed by atoms with E-state index in [9.17, 15) is 0 Å². The number of nitrogens with one attached hydrogen (secondary N) is 1. The molecule has 2 aliphatic heterocycles. The maximum atomic E-state index is 5.82. The monoisotopic (exact) mass is 382 g/mol. The van der Waals surface area contributed by atoms with Crippen LogP contribution in [0.1, 0.15) is 31.0 Å². The largest absolute Gasteiger partial charge is 0.490 e. The molecule has 0 unspecified atom stereocenters. The van der Waals surface area contributed by atoms with E-state index < -0.39 is 0 Å². The number of nitrogens with zero attached hydrogens (tertiary/aromatic N) is 3. The fraction of sp³-hybridized carbons (Fsp3) is 0.400. The van der Waals surface area contributed by atoms with Crippen molar-refractivity contribution in [2.45, 2.75) is 25.2 Å². The van der Waals surface area contributed by atoms with Crippen LogP contribution in [0.25, 0.3) is 10.4 Å². The second-order valence-electron chi connectivity index (χ2n) is 6.95. The Morgan fingerprint density at radius 2 is 1.93 bits per heavy atom. The van der Waals surface area contributed by atoms with E-state index in [1.807, 2.05) is 24.7 Å². The zero-order valence-electron chi connectivity index (χ0n) is 15.1. The molecule has 1 N–H and O–H groups in total. The molecule has 6 nitrogen and oxygen atoms in total. The summed E-state index contributed by atoms with van der Waals surface area (Å²) in [4.78, 5) is 15.9. The van der Waals surface area contributed by atoms with Gasteiger partial charge in [-0.25, -0.2) is 9.97 Å². The van der Waals surface area contributed by atoms with Crippen LogP contribution in [0, 0.1) is 0 Å². The molecule has 0 saturated carbocycles. The summed E-state index contributed by atoms with van der Waals surface area (Å²) in [7, 11) is 0. The second kappa shape index (κ2) is 7.23. The molecule has 1 saturated heterocycles. The van der Waals surface area contributed by atoms with Gasteiger partial charge in [-0.3, -0.25) is 0 Å². The van der Waals surface area contributed by atoms with Gasteiger partial charge in [0.05, 0.1) is 18.1 Å². The molecule has 2 aromatic heterocycles. The van der Waals surface area contributed by atoms with E-state index in [4.69, 9.17) is 9.47 Å². The summed E-state index contributed by atoms with van der Waals surface area (Å²) in [6.45, 7) is 3.44. The first kappa shape index (κ1) is 16.6. The lowest BCUT2D eigenvalue weighted by Crippen LogP contribution is -2.33. The molecule has 3 aromatic rings. The minimum atomic E-state index is 0.525. The molecule has 140 valence electrons. The Labute approximate surface area is 162 Å². The number of aromatic nitrogens is 3. The summed E-state index contributed by atoms with van der Waals surface area (Å²) in [5.74, 6) is 3.30. The molecule has 27 heavy (non-hydrogen) atoms. The number of imidazole rings is 1. The van der Waals surface area contributed by atoms with Crippen LogP contribution in [0.4, 0.5) is 5.13 Å². The number of benzene rings is 1. The third-order valence-corrected chi connectivity index (χ3v) is 6.30. The molecule has 0 spiro atoms. The van der Waals surface area contributed by atoms with Gasteiger partial charge in [0.2, 0.25) is 0 Å².